The lowest BCUT2D eigenvalue weighted by molar-refractivity contribution is 0.0696. The number of carboxylic acids is 1. The Hall–Kier alpha value is -1.12. The Balaban J connectivity index is 2.08. The smallest absolute Gasteiger partial charge is 0.346 e. The molecule has 2 heterocycles. The second-order valence-electron chi connectivity index (χ2n) is 3.75. The third-order valence-electron chi connectivity index (χ3n) is 2.35. The van der Waals surface area contributed by atoms with Crippen LogP contribution in [0.2, 0.25) is 0 Å². The number of carbonyl (C=O) groups is 1. The highest BCUT2D eigenvalue weighted by Gasteiger charge is 2.38. The van der Waals surface area contributed by atoms with Gasteiger partial charge in [0.05, 0.1) is 11.5 Å². The molecule has 0 aliphatic carbocycles. The molecule has 1 aromatic rings. The molecule has 1 aromatic heterocycles. The Morgan fingerprint density at radius 2 is 2.18 bits per heavy atom. The van der Waals surface area contributed by atoms with E-state index in [4.69, 9.17) is 9.84 Å². The van der Waals surface area contributed by atoms with E-state index in [1.54, 1.807) is 0 Å². The van der Waals surface area contributed by atoms with E-state index in [9.17, 15) is 18.3 Å². The quantitative estimate of drug-likeness (QED) is 0.806. The maximum atomic E-state index is 11.2. The Morgan fingerprint density at radius 3 is 2.65 bits per heavy atom. The summed E-state index contributed by atoms with van der Waals surface area (Å²) in [5, 5.41) is 19.7. The van der Waals surface area contributed by atoms with Gasteiger partial charge in [0.15, 0.2) is 9.84 Å². The molecule has 2 rings (SSSR count). The zero-order chi connectivity index (χ0) is 12.6. The minimum absolute atomic E-state index is 0.107. The van der Waals surface area contributed by atoms with Crippen LogP contribution in [0.1, 0.15) is 9.67 Å². The minimum atomic E-state index is -3.26. The molecule has 0 saturated carbocycles. The Morgan fingerprint density at radius 1 is 1.47 bits per heavy atom. The molecule has 1 aliphatic heterocycles. The molecule has 2 atom stereocenters. The highest BCUT2D eigenvalue weighted by atomic mass is 32.2. The first-order chi connectivity index (χ1) is 7.87. The maximum Gasteiger partial charge on any atom is 0.346 e. The lowest BCUT2D eigenvalue weighted by atomic mass is 10.2. The highest BCUT2D eigenvalue weighted by molar-refractivity contribution is 7.91. The van der Waals surface area contributed by atoms with Crippen molar-refractivity contribution in [1.82, 2.24) is 0 Å². The Labute approximate surface area is 101 Å². The van der Waals surface area contributed by atoms with E-state index >= 15 is 0 Å². The van der Waals surface area contributed by atoms with E-state index in [1.807, 2.05) is 0 Å². The molecule has 0 radical (unpaired) electrons. The van der Waals surface area contributed by atoms with Crippen LogP contribution in [0.3, 0.4) is 0 Å². The fraction of sp³-hybridized carbons (Fsp3) is 0.444. The number of aromatic carboxylic acids is 1. The van der Waals surface area contributed by atoms with Crippen LogP contribution < -0.4 is 4.74 Å². The normalized spacial score (nSPS) is 26.9. The van der Waals surface area contributed by atoms with Gasteiger partial charge in [-0.3, -0.25) is 0 Å². The molecular weight excluding hydrogens is 268 g/mol. The second-order valence-corrected chi connectivity index (χ2v) is 6.82. The summed E-state index contributed by atoms with van der Waals surface area (Å²) in [6.07, 6.45) is -1.88. The average Bonchev–Trinajstić information content (AvgIpc) is 2.72. The number of rotatable bonds is 3. The van der Waals surface area contributed by atoms with Crippen molar-refractivity contribution in [2.75, 3.05) is 11.5 Å². The van der Waals surface area contributed by atoms with Gasteiger partial charge in [0.25, 0.3) is 0 Å². The van der Waals surface area contributed by atoms with Gasteiger partial charge in [-0.25, -0.2) is 13.2 Å². The molecule has 0 amide bonds. The number of aliphatic hydroxyl groups excluding tert-OH is 1. The van der Waals surface area contributed by atoms with E-state index in [2.05, 4.69) is 0 Å². The molecule has 1 saturated heterocycles. The van der Waals surface area contributed by atoms with Crippen molar-refractivity contribution >= 4 is 27.1 Å². The van der Waals surface area contributed by atoms with Gasteiger partial charge in [-0.05, 0) is 0 Å². The summed E-state index contributed by atoms with van der Waals surface area (Å²) in [5.41, 5.74) is 0. The largest absolute Gasteiger partial charge is 0.486 e. The summed E-state index contributed by atoms with van der Waals surface area (Å²) in [5.74, 6) is -1.35. The van der Waals surface area contributed by atoms with Crippen LogP contribution in [0, 0.1) is 0 Å². The van der Waals surface area contributed by atoms with Crippen molar-refractivity contribution in [3.8, 4) is 5.75 Å². The highest BCUT2D eigenvalue weighted by Crippen LogP contribution is 2.25. The van der Waals surface area contributed by atoms with Crippen LogP contribution in [0.15, 0.2) is 11.4 Å². The molecule has 2 N–H and O–H groups in total. The van der Waals surface area contributed by atoms with Crippen molar-refractivity contribution in [2.24, 2.45) is 0 Å². The van der Waals surface area contributed by atoms with Crippen LogP contribution in [0.5, 0.6) is 5.75 Å². The number of carboxylic acid groups (broad SMARTS) is 1. The third kappa shape index (κ3) is 2.76. The van der Waals surface area contributed by atoms with Crippen molar-refractivity contribution in [3.05, 3.63) is 16.3 Å². The van der Waals surface area contributed by atoms with Crippen molar-refractivity contribution in [1.29, 1.82) is 0 Å². The molecule has 94 valence electrons. The lowest BCUT2D eigenvalue weighted by Gasteiger charge is -2.13. The molecule has 0 spiro atoms. The molecule has 17 heavy (non-hydrogen) atoms. The van der Waals surface area contributed by atoms with Gasteiger partial charge in [0, 0.05) is 11.4 Å². The van der Waals surface area contributed by atoms with Gasteiger partial charge >= 0.3 is 5.97 Å². The molecule has 6 nitrogen and oxygen atoms in total. The topological polar surface area (TPSA) is 101 Å². The number of thiophene rings is 1. The second kappa shape index (κ2) is 4.28. The first-order valence-corrected chi connectivity index (χ1v) is 7.44. The fourth-order valence-electron chi connectivity index (χ4n) is 1.58. The van der Waals surface area contributed by atoms with Gasteiger partial charge < -0.3 is 14.9 Å². The van der Waals surface area contributed by atoms with Crippen LogP contribution in [0.4, 0.5) is 0 Å². The summed E-state index contributed by atoms with van der Waals surface area (Å²) >= 11 is 0.987. The number of hydrogen-bond donors (Lipinski definition) is 2. The first-order valence-electron chi connectivity index (χ1n) is 4.74. The Bertz CT molecular complexity index is 531. The van der Waals surface area contributed by atoms with E-state index in [0.717, 1.165) is 11.3 Å². The first kappa shape index (κ1) is 12.3. The van der Waals surface area contributed by atoms with Crippen LogP contribution >= 0.6 is 11.3 Å². The van der Waals surface area contributed by atoms with Gasteiger partial charge in [0.1, 0.15) is 22.8 Å². The van der Waals surface area contributed by atoms with Crippen LogP contribution in [0.25, 0.3) is 0 Å². The summed E-state index contributed by atoms with van der Waals surface area (Å²) < 4.78 is 27.7. The number of hydrogen-bond acceptors (Lipinski definition) is 6. The standard InChI is InChI=1S/C9H10O6S2/c10-6-3-17(13,14)4-7(6)15-5-1-8(9(11)12)16-2-5/h1-2,6-7,10H,3-4H2,(H,11,12). The minimum Gasteiger partial charge on any atom is -0.486 e. The summed E-state index contributed by atoms with van der Waals surface area (Å²) in [4.78, 5) is 10.7. The molecule has 8 heteroatoms. The average molecular weight is 278 g/mol. The van der Waals surface area contributed by atoms with E-state index in [1.165, 1.54) is 11.4 Å². The van der Waals surface area contributed by atoms with Crippen molar-refractivity contribution in [2.45, 2.75) is 12.2 Å². The number of sulfone groups is 1. The third-order valence-corrected chi connectivity index (χ3v) is 4.93. The summed E-state index contributed by atoms with van der Waals surface area (Å²) in [6.45, 7) is 0. The van der Waals surface area contributed by atoms with Crippen molar-refractivity contribution in [3.63, 3.8) is 0 Å². The van der Waals surface area contributed by atoms with Gasteiger partial charge in [0.2, 0.25) is 0 Å². The predicted octanol–water partition coefficient (Wildman–Crippen LogP) is -0.0170. The number of ether oxygens (including phenoxy) is 1. The molecule has 2 unspecified atom stereocenters. The number of aliphatic hydroxyl groups is 1. The SMILES string of the molecule is O=C(O)c1cc(OC2CS(=O)(=O)CC2O)cs1. The predicted molar refractivity (Wildman–Crippen MR) is 60.4 cm³/mol. The van der Waals surface area contributed by atoms with Crippen molar-refractivity contribution < 1.29 is 28.2 Å². The molecule has 1 fully saturated rings. The molecular formula is C9H10O6S2. The fourth-order valence-corrected chi connectivity index (χ4v) is 3.89. The zero-order valence-corrected chi connectivity index (χ0v) is 10.2. The lowest BCUT2D eigenvalue weighted by Crippen LogP contribution is -2.29. The summed E-state index contributed by atoms with van der Waals surface area (Å²) in [7, 11) is -3.26. The van der Waals surface area contributed by atoms with E-state index in [-0.39, 0.29) is 22.1 Å². The van der Waals surface area contributed by atoms with E-state index in [0.29, 0.717) is 0 Å². The van der Waals surface area contributed by atoms with Crippen LogP contribution in [-0.2, 0) is 9.84 Å². The summed E-state index contributed by atoms with van der Waals surface area (Å²) in [6, 6.07) is 1.31. The van der Waals surface area contributed by atoms with Gasteiger partial charge in [-0.15, -0.1) is 11.3 Å². The van der Waals surface area contributed by atoms with E-state index < -0.39 is 28.0 Å². The molecule has 0 aromatic carbocycles. The van der Waals surface area contributed by atoms with Gasteiger partial charge in [-0.2, -0.15) is 0 Å². The maximum absolute atomic E-state index is 11.2. The monoisotopic (exact) mass is 278 g/mol. The van der Waals surface area contributed by atoms with Crippen LogP contribution in [-0.4, -0.2) is 48.3 Å². The molecule has 0 bridgehead atoms. The Kier molecular flexibility index (Phi) is 3.11. The zero-order valence-electron chi connectivity index (χ0n) is 8.57. The molecule has 1 aliphatic rings. The van der Waals surface area contributed by atoms with Gasteiger partial charge in [-0.1, -0.05) is 0 Å².